The molecule has 2 aromatic carbocycles. The summed E-state index contributed by atoms with van der Waals surface area (Å²) in [7, 11) is -3.53. The van der Waals surface area contributed by atoms with Crippen LogP contribution in [0.3, 0.4) is 0 Å². The molecule has 1 atom stereocenters. The van der Waals surface area contributed by atoms with Gasteiger partial charge >= 0.3 is 0 Å². The van der Waals surface area contributed by atoms with Crippen molar-refractivity contribution in [3.63, 3.8) is 0 Å². The highest BCUT2D eigenvalue weighted by molar-refractivity contribution is 7.92. The molecule has 1 aliphatic heterocycles. The number of hydrogen-bond donors (Lipinski definition) is 1. The summed E-state index contributed by atoms with van der Waals surface area (Å²) in [5.41, 5.74) is 2.62. The minimum atomic E-state index is -3.53. The molecule has 3 rings (SSSR count). The van der Waals surface area contributed by atoms with Crippen LogP contribution in [0.25, 0.3) is 0 Å². The lowest BCUT2D eigenvalue weighted by atomic mass is 10.1. The first-order chi connectivity index (χ1) is 13.3. The Hall–Kier alpha value is -2.74. The predicted molar refractivity (Wildman–Crippen MR) is 107 cm³/mol. The van der Waals surface area contributed by atoms with Crippen molar-refractivity contribution in [1.82, 2.24) is 5.32 Å². The van der Waals surface area contributed by atoms with Gasteiger partial charge in [0.15, 0.2) is 6.10 Å². The van der Waals surface area contributed by atoms with Gasteiger partial charge < -0.3 is 14.8 Å². The fourth-order valence-electron chi connectivity index (χ4n) is 3.06. The number of anilines is 1. The van der Waals surface area contributed by atoms with Crippen LogP contribution in [0.2, 0.25) is 0 Å². The number of nitrogens with one attached hydrogen (secondary N) is 1. The van der Waals surface area contributed by atoms with E-state index in [0.29, 0.717) is 18.0 Å². The summed E-state index contributed by atoms with van der Waals surface area (Å²) in [4.78, 5) is 12.5. The summed E-state index contributed by atoms with van der Waals surface area (Å²) in [6, 6.07) is 12.7. The van der Waals surface area contributed by atoms with Gasteiger partial charge in [0.25, 0.3) is 5.91 Å². The third-order valence-electron chi connectivity index (χ3n) is 4.42. The van der Waals surface area contributed by atoms with Crippen LogP contribution in [-0.2, 0) is 14.8 Å². The second-order valence-electron chi connectivity index (χ2n) is 6.78. The van der Waals surface area contributed by atoms with Gasteiger partial charge in [0.05, 0.1) is 25.0 Å². The molecule has 0 fully saturated rings. The monoisotopic (exact) mass is 404 g/mol. The molecule has 0 radical (unpaired) electrons. The van der Waals surface area contributed by atoms with Crippen LogP contribution in [0.5, 0.6) is 11.5 Å². The van der Waals surface area contributed by atoms with Gasteiger partial charge in [-0.25, -0.2) is 8.42 Å². The molecule has 28 heavy (non-hydrogen) atoms. The molecule has 1 unspecified atom stereocenters. The highest BCUT2D eigenvalue weighted by Gasteiger charge is 2.34. The molecule has 150 valence electrons. The van der Waals surface area contributed by atoms with Crippen molar-refractivity contribution in [2.45, 2.75) is 20.0 Å². The van der Waals surface area contributed by atoms with E-state index in [1.807, 2.05) is 32.0 Å². The molecule has 1 aliphatic rings. The molecule has 0 aliphatic carbocycles. The maximum atomic E-state index is 12.5. The molecule has 7 nitrogen and oxygen atoms in total. The summed E-state index contributed by atoms with van der Waals surface area (Å²) in [6.07, 6.45) is 0.188. The van der Waals surface area contributed by atoms with E-state index in [0.717, 1.165) is 23.1 Å². The Labute approximate surface area is 165 Å². The Morgan fingerprint density at radius 2 is 2.00 bits per heavy atom. The first kappa shape index (κ1) is 20.0. The van der Waals surface area contributed by atoms with Gasteiger partial charge in [-0.3, -0.25) is 9.10 Å². The lowest BCUT2D eigenvalue weighted by Crippen LogP contribution is -2.51. The van der Waals surface area contributed by atoms with Crippen molar-refractivity contribution in [1.29, 1.82) is 0 Å². The number of carbonyl (C=O) groups is 1. The lowest BCUT2D eigenvalue weighted by Gasteiger charge is -2.33. The number of aryl methyl sites for hydroxylation is 2. The maximum Gasteiger partial charge on any atom is 0.263 e. The number of fused-ring (bicyclic) bond motifs is 1. The zero-order chi connectivity index (χ0) is 20.3. The molecule has 1 amide bonds. The van der Waals surface area contributed by atoms with Gasteiger partial charge in [-0.1, -0.05) is 29.8 Å². The number of benzene rings is 2. The van der Waals surface area contributed by atoms with Crippen molar-refractivity contribution in [2.75, 3.05) is 30.3 Å². The Kier molecular flexibility index (Phi) is 5.79. The van der Waals surface area contributed by atoms with Gasteiger partial charge in [0.2, 0.25) is 10.0 Å². The molecule has 0 bridgehead atoms. The molecule has 1 heterocycles. The highest BCUT2D eigenvalue weighted by atomic mass is 32.2. The van der Waals surface area contributed by atoms with Crippen molar-refractivity contribution in [3.8, 4) is 11.5 Å². The van der Waals surface area contributed by atoms with E-state index in [-0.39, 0.29) is 19.0 Å². The summed E-state index contributed by atoms with van der Waals surface area (Å²) >= 11 is 0. The Balaban J connectivity index is 1.59. The van der Waals surface area contributed by atoms with Crippen molar-refractivity contribution in [3.05, 3.63) is 53.6 Å². The van der Waals surface area contributed by atoms with E-state index >= 15 is 0 Å². The van der Waals surface area contributed by atoms with E-state index < -0.39 is 16.1 Å². The fourth-order valence-corrected chi connectivity index (χ4v) is 3.98. The maximum absolute atomic E-state index is 12.5. The average molecular weight is 404 g/mol. The predicted octanol–water partition coefficient (Wildman–Crippen LogP) is 2.03. The molecule has 1 N–H and O–H groups in total. The minimum absolute atomic E-state index is 0.0698. The Bertz CT molecular complexity index is 974. The van der Waals surface area contributed by atoms with Crippen LogP contribution in [0.4, 0.5) is 5.69 Å². The molecule has 0 saturated heterocycles. The van der Waals surface area contributed by atoms with Crippen molar-refractivity contribution in [2.24, 2.45) is 0 Å². The van der Waals surface area contributed by atoms with E-state index in [1.54, 1.807) is 24.3 Å². The summed E-state index contributed by atoms with van der Waals surface area (Å²) in [5, 5.41) is 2.75. The number of hydrogen-bond acceptors (Lipinski definition) is 5. The van der Waals surface area contributed by atoms with Crippen molar-refractivity contribution < 1.29 is 22.7 Å². The first-order valence-corrected chi connectivity index (χ1v) is 10.8. The average Bonchev–Trinajstić information content (AvgIpc) is 2.64. The second kappa shape index (κ2) is 8.10. The van der Waals surface area contributed by atoms with Gasteiger partial charge in [0.1, 0.15) is 18.1 Å². The lowest BCUT2D eigenvalue weighted by molar-refractivity contribution is -0.127. The van der Waals surface area contributed by atoms with Crippen LogP contribution in [0, 0.1) is 13.8 Å². The topological polar surface area (TPSA) is 84.9 Å². The summed E-state index contributed by atoms with van der Waals surface area (Å²) in [6.45, 7) is 4.49. The fraction of sp³-hybridized carbons (Fsp3) is 0.350. The van der Waals surface area contributed by atoms with Crippen LogP contribution >= 0.6 is 0 Å². The van der Waals surface area contributed by atoms with E-state index in [9.17, 15) is 13.2 Å². The standard InChI is InChI=1S/C20H24N2O5S/c1-14-8-9-17(15(2)12-14)26-11-10-21-20(23)19-13-22(28(3,24)25)16-6-4-5-7-18(16)27-19/h4-9,12,19H,10-11,13H2,1-3H3,(H,21,23). The summed E-state index contributed by atoms with van der Waals surface area (Å²) in [5.74, 6) is 0.754. The molecule has 8 heteroatoms. The highest BCUT2D eigenvalue weighted by Crippen LogP contribution is 2.34. The number of para-hydroxylation sites is 2. The quantitative estimate of drug-likeness (QED) is 0.745. The zero-order valence-electron chi connectivity index (χ0n) is 16.1. The number of rotatable bonds is 6. The first-order valence-electron chi connectivity index (χ1n) is 8.97. The molecule has 0 aromatic heterocycles. The zero-order valence-corrected chi connectivity index (χ0v) is 17.0. The largest absolute Gasteiger partial charge is 0.491 e. The SMILES string of the molecule is Cc1ccc(OCCNC(=O)C2CN(S(C)(=O)=O)c3ccccc3O2)c(C)c1. The Morgan fingerprint density at radius 1 is 1.25 bits per heavy atom. The smallest absolute Gasteiger partial charge is 0.263 e. The van der Waals surface area contributed by atoms with Gasteiger partial charge in [-0.05, 0) is 37.6 Å². The number of nitrogens with zero attached hydrogens (tertiary/aromatic N) is 1. The molecule has 0 saturated carbocycles. The van der Waals surface area contributed by atoms with Crippen LogP contribution in [0.15, 0.2) is 42.5 Å². The van der Waals surface area contributed by atoms with E-state index in [4.69, 9.17) is 9.47 Å². The number of carbonyl (C=O) groups excluding carboxylic acids is 1. The number of ether oxygens (including phenoxy) is 2. The third kappa shape index (κ3) is 4.56. The normalized spacial score (nSPS) is 16.1. The van der Waals surface area contributed by atoms with Crippen LogP contribution in [-0.4, -0.2) is 46.4 Å². The van der Waals surface area contributed by atoms with E-state index in [2.05, 4.69) is 5.32 Å². The third-order valence-corrected chi connectivity index (χ3v) is 5.56. The number of amides is 1. The van der Waals surface area contributed by atoms with Crippen LogP contribution in [0.1, 0.15) is 11.1 Å². The minimum Gasteiger partial charge on any atom is -0.491 e. The molecular weight excluding hydrogens is 380 g/mol. The molecule has 0 spiro atoms. The van der Waals surface area contributed by atoms with E-state index in [1.165, 1.54) is 4.31 Å². The number of sulfonamides is 1. The van der Waals surface area contributed by atoms with Crippen LogP contribution < -0.4 is 19.1 Å². The van der Waals surface area contributed by atoms with Gasteiger partial charge in [-0.2, -0.15) is 0 Å². The molecule has 2 aromatic rings. The van der Waals surface area contributed by atoms with Crippen molar-refractivity contribution >= 4 is 21.6 Å². The Morgan fingerprint density at radius 3 is 2.71 bits per heavy atom. The van der Waals surface area contributed by atoms with Gasteiger partial charge in [-0.15, -0.1) is 0 Å². The summed E-state index contributed by atoms with van der Waals surface area (Å²) < 4.78 is 36.8. The second-order valence-corrected chi connectivity index (χ2v) is 8.68. The molecular formula is C20H24N2O5S. The van der Waals surface area contributed by atoms with Gasteiger partial charge in [0, 0.05) is 0 Å².